The van der Waals surface area contributed by atoms with Crippen molar-refractivity contribution in [1.82, 2.24) is 5.32 Å². The van der Waals surface area contributed by atoms with Crippen LogP contribution in [-0.2, 0) is 5.67 Å². The van der Waals surface area contributed by atoms with Crippen LogP contribution in [-0.4, -0.2) is 12.6 Å². The highest BCUT2D eigenvalue weighted by molar-refractivity contribution is 5.41. The topological polar surface area (TPSA) is 12.0 Å². The number of rotatable bonds is 5. The molecule has 1 heterocycles. The summed E-state index contributed by atoms with van der Waals surface area (Å²) < 4.78 is 16.6. The molecule has 1 aliphatic rings. The summed E-state index contributed by atoms with van der Waals surface area (Å²) in [4.78, 5) is 0. The average Bonchev–Trinajstić information content (AvgIpc) is 3.16. The first-order valence-corrected chi connectivity index (χ1v) is 9.56. The SMILES string of the molecule is CC(C)c1ccc(C(F)(c2ccc(C(C)C)cc2)C2CCCN2)cc1. The maximum absolute atomic E-state index is 16.6. The first kappa shape index (κ1) is 18.1. The van der Waals surface area contributed by atoms with Crippen LogP contribution in [0.25, 0.3) is 0 Å². The molecule has 25 heavy (non-hydrogen) atoms. The fourth-order valence-electron chi connectivity index (χ4n) is 3.81. The van der Waals surface area contributed by atoms with E-state index < -0.39 is 5.67 Å². The molecule has 1 fully saturated rings. The minimum absolute atomic E-state index is 0.165. The number of benzene rings is 2. The lowest BCUT2D eigenvalue weighted by Gasteiger charge is -2.33. The Kier molecular flexibility index (Phi) is 5.29. The third-order valence-corrected chi connectivity index (χ3v) is 5.54. The predicted octanol–water partition coefficient (Wildman–Crippen LogP) is 5.90. The molecule has 0 radical (unpaired) electrons. The molecule has 0 saturated carbocycles. The molecule has 0 aromatic heterocycles. The molecule has 0 aliphatic carbocycles. The van der Waals surface area contributed by atoms with Crippen LogP contribution >= 0.6 is 0 Å². The van der Waals surface area contributed by atoms with Crippen LogP contribution in [0.4, 0.5) is 4.39 Å². The monoisotopic (exact) mass is 339 g/mol. The first-order valence-electron chi connectivity index (χ1n) is 9.56. The van der Waals surface area contributed by atoms with Crippen LogP contribution < -0.4 is 5.32 Å². The van der Waals surface area contributed by atoms with Crippen LogP contribution in [0.5, 0.6) is 0 Å². The molecule has 0 amide bonds. The van der Waals surface area contributed by atoms with Crippen molar-refractivity contribution in [2.75, 3.05) is 6.54 Å². The first-order chi connectivity index (χ1) is 11.9. The maximum atomic E-state index is 16.6. The third kappa shape index (κ3) is 3.50. The average molecular weight is 339 g/mol. The predicted molar refractivity (Wildman–Crippen MR) is 104 cm³/mol. The van der Waals surface area contributed by atoms with Crippen molar-refractivity contribution < 1.29 is 4.39 Å². The normalized spacial score (nSPS) is 18.3. The molecule has 1 nitrogen and oxygen atoms in total. The van der Waals surface area contributed by atoms with Gasteiger partial charge in [0.2, 0.25) is 0 Å². The highest BCUT2D eigenvalue weighted by Crippen LogP contribution is 2.41. The zero-order valence-electron chi connectivity index (χ0n) is 15.9. The standard InChI is InChI=1S/C23H30FN/c1-16(2)18-7-11-20(12-8-18)23(24,22-6-5-15-25-22)21-13-9-19(10-14-21)17(3)4/h7-14,16-17,22,25H,5-6,15H2,1-4H3. The van der Waals surface area contributed by atoms with Crippen LogP contribution in [0, 0.1) is 0 Å². The van der Waals surface area contributed by atoms with E-state index in [0.29, 0.717) is 11.8 Å². The molecule has 2 aromatic carbocycles. The summed E-state index contributed by atoms with van der Waals surface area (Å²) in [6.45, 7) is 9.56. The Bertz CT molecular complexity index is 628. The van der Waals surface area contributed by atoms with E-state index in [2.05, 4.69) is 57.3 Å². The molecule has 2 heteroatoms. The van der Waals surface area contributed by atoms with Crippen LogP contribution in [0.1, 0.15) is 74.6 Å². The number of halogens is 1. The minimum Gasteiger partial charge on any atom is -0.310 e. The molecule has 1 N–H and O–H groups in total. The molecular formula is C23H30FN. The van der Waals surface area contributed by atoms with E-state index in [9.17, 15) is 0 Å². The second kappa shape index (κ2) is 7.29. The van der Waals surface area contributed by atoms with Gasteiger partial charge in [-0.05, 0) is 53.5 Å². The van der Waals surface area contributed by atoms with E-state index in [1.165, 1.54) is 11.1 Å². The fraction of sp³-hybridized carbons (Fsp3) is 0.478. The number of nitrogens with one attached hydrogen (secondary N) is 1. The van der Waals surface area contributed by atoms with Gasteiger partial charge in [0, 0.05) is 6.04 Å². The van der Waals surface area contributed by atoms with Gasteiger partial charge in [0.05, 0.1) is 0 Å². The van der Waals surface area contributed by atoms with E-state index in [0.717, 1.165) is 30.5 Å². The maximum Gasteiger partial charge on any atom is 0.176 e. The highest BCUT2D eigenvalue weighted by Gasteiger charge is 2.43. The Morgan fingerprint density at radius 3 is 1.60 bits per heavy atom. The number of hydrogen-bond donors (Lipinski definition) is 1. The summed E-state index contributed by atoms with van der Waals surface area (Å²) in [6, 6.07) is 16.0. The molecule has 0 bridgehead atoms. The lowest BCUT2D eigenvalue weighted by molar-refractivity contribution is 0.163. The molecule has 1 atom stereocenters. The van der Waals surface area contributed by atoms with Crippen LogP contribution in [0.2, 0.25) is 0 Å². The Morgan fingerprint density at radius 1 is 0.840 bits per heavy atom. The van der Waals surface area contributed by atoms with Gasteiger partial charge in [-0.25, -0.2) is 4.39 Å². The molecule has 1 unspecified atom stereocenters. The lowest BCUT2D eigenvalue weighted by Crippen LogP contribution is -2.42. The molecule has 1 saturated heterocycles. The fourth-order valence-corrected chi connectivity index (χ4v) is 3.81. The van der Waals surface area contributed by atoms with E-state index in [1.807, 2.05) is 24.3 Å². The molecular weight excluding hydrogens is 309 g/mol. The van der Waals surface area contributed by atoms with Crippen molar-refractivity contribution in [2.45, 2.75) is 64.1 Å². The second-order valence-electron chi connectivity index (χ2n) is 7.91. The zero-order valence-corrected chi connectivity index (χ0v) is 15.9. The molecule has 0 spiro atoms. The molecule has 3 rings (SSSR count). The van der Waals surface area contributed by atoms with Crippen molar-refractivity contribution in [3.05, 3.63) is 70.8 Å². The highest BCUT2D eigenvalue weighted by atomic mass is 19.1. The van der Waals surface area contributed by atoms with Gasteiger partial charge in [0.25, 0.3) is 0 Å². The van der Waals surface area contributed by atoms with E-state index in [1.54, 1.807) is 0 Å². The van der Waals surface area contributed by atoms with Gasteiger partial charge >= 0.3 is 0 Å². The van der Waals surface area contributed by atoms with Crippen molar-refractivity contribution in [3.63, 3.8) is 0 Å². The van der Waals surface area contributed by atoms with Crippen molar-refractivity contribution in [2.24, 2.45) is 0 Å². The Labute approximate surface area is 151 Å². The van der Waals surface area contributed by atoms with Gasteiger partial charge in [-0.15, -0.1) is 0 Å². The largest absolute Gasteiger partial charge is 0.310 e. The quantitative estimate of drug-likeness (QED) is 0.715. The summed E-state index contributed by atoms with van der Waals surface area (Å²) in [5.41, 5.74) is 2.53. The van der Waals surface area contributed by atoms with Gasteiger partial charge in [-0.3, -0.25) is 0 Å². The third-order valence-electron chi connectivity index (χ3n) is 5.54. The summed E-state index contributed by atoms with van der Waals surface area (Å²) in [5.74, 6) is 0.913. The van der Waals surface area contributed by atoms with Gasteiger partial charge in [0.15, 0.2) is 5.67 Å². The Morgan fingerprint density at radius 2 is 1.28 bits per heavy atom. The number of alkyl halides is 1. The van der Waals surface area contributed by atoms with E-state index in [4.69, 9.17) is 0 Å². The van der Waals surface area contributed by atoms with Crippen molar-refractivity contribution >= 4 is 0 Å². The van der Waals surface area contributed by atoms with E-state index in [-0.39, 0.29) is 6.04 Å². The lowest BCUT2D eigenvalue weighted by atomic mass is 9.80. The smallest absolute Gasteiger partial charge is 0.176 e. The second-order valence-corrected chi connectivity index (χ2v) is 7.91. The summed E-state index contributed by atoms with van der Waals surface area (Å²) in [6.07, 6.45) is 1.90. The summed E-state index contributed by atoms with van der Waals surface area (Å²) in [7, 11) is 0. The van der Waals surface area contributed by atoms with Gasteiger partial charge in [-0.2, -0.15) is 0 Å². The van der Waals surface area contributed by atoms with E-state index >= 15 is 4.39 Å². The molecule has 2 aromatic rings. The van der Waals surface area contributed by atoms with Crippen LogP contribution in [0.3, 0.4) is 0 Å². The molecule has 1 aliphatic heterocycles. The number of hydrogen-bond acceptors (Lipinski definition) is 1. The zero-order chi connectivity index (χ0) is 18.0. The van der Waals surface area contributed by atoms with Gasteiger partial charge in [-0.1, -0.05) is 76.2 Å². The van der Waals surface area contributed by atoms with Crippen LogP contribution in [0.15, 0.2) is 48.5 Å². The molecule has 134 valence electrons. The summed E-state index contributed by atoms with van der Waals surface area (Å²) >= 11 is 0. The Balaban J connectivity index is 2.03. The van der Waals surface area contributed by atoms with Crippen molar-refractivity contribution in [1.29, 1.82) is 0 Å². The minimum atomic E-state index is -1.48. The van der Waals surface area contributed by atoms with Gasteiger partial charge < -0.3 is 5.32 Å². The van der Waals surface area contributed by atoms with Gasteiger partial charge in [0.1, 0.15) is 0 Å². The summed E-state index contributed by atoms with van der Waals surface area (Å²) in [5, 5.41) is 3.39. The van der Waals surface area contributed by atoms with Crippen molar-refractivity contribution in [3.8, 4) is 0 Å². The Hall–Kier alpha value is -1.67.